The Morgan fingerprint density at radius 3 is 2.55 bits per heavy atom. The van der Waals surface area contributed by atoms with Crippen molar-refractivity contribution < 1.29 is 8.78 Å². The summed E-state index contributed by atoms with van der Waals surface area (Å²) in [7, 11) is 0. The number of aryl methyl sites for hydroxylation is 1. The summed E-state index contributed by atoms with van der Waals surface area (Å²) in [4.78, 5) is 0. The molecule has 2 aromatic rings. The van der Waals surface area contributed by atoms with Crippen LogP contribution >= 0.6 is 11.6 Å². The molecule has 0 saturated heterocycles. The van der Waals surface area contributed by atoms with Gasteiger partial charge >= 0.3 is 0 Å². The van der Waals surface area contributed by atoms with Crippen LogP contribution in [0.3, 0.4) is 0 Å². The maximum absolute atomic E-state index is 13.4. The van der Waals surface area contributed by atoms with Crippen LogP contribution in [0.4, 0.5) is 8.78 Å². The molecule has 4 heteroatoms. The highest BCUT2D eigenvalue weighted by atomic mass is 35.5. The summed E-state index contributed by atoms with van der Waals surface area (Å²) in [5.41, 5.74) is 2.47. The van der Waals surface area contributed by atoms with Crippen molar-refractivity contribution in [2.75, 3.05) is 6.54 Å². The molecule has 1 N–H and O–H groups in total. The quantitative estimate of drug-likeness (QED) is 0.867. The number of rotatable bonds is 4. The molecule has 0 fully saturated rings. The Labute approximate surface area is 122 Å². The van der Waals surface area contributed by atoms with E-state index in [9.17, 15) is 8.78 Å². The van der Waals surface area contributed by atoms with Gasteiger partial charge in [-0.25, -0.2) is 8.78 Å². The zero-order valence-corrected chi connectivity index (χ0v) is 12.1. The van der Waals surface area contributed by atoms with Gasteiger partial charge in [-0.2, -0.15) is 0 Å². The molecule has 0 spiro atoms. The molecule has 0 saturated carbocycles. The van der Waals surface area contributed by atoms with Crippen LogP contribution in [-0.4, -0.2) is 6.54 Å². The van der Waals surface area contributed by atoms with E-state index in [0.717, 1.165) is 17.2 Å². The third-order valence-electron chi connectivity index (χ3n) is 3.22. The fourth-order valence-corrected chi connectivity index (χ4v) is 2.43. The summed E-state index contributed by atoms with van der Waals surface area (Å²) in [6, 6.07) is 9.37. The third-order valence-corrected chi connectivity index (χ3v) is 3.73. The minimum absolute atomic E-state index is 0.262. The molecular weight excluding hydrogens is 280 g/mol. The van der Waals surface area contributed by atoms with Crippen LogP contribution in [0.1, 0.15) is 29.7 Å². The van der Waals surface area contributed by atoms with Gasteiger partial charge in [0, 0.05) is 5.02 Å². The number of halogens is 3. The van der Waals surface area contributed by atoms with Crippen LogP contribution in [0.5, 0.6) is 0 Å². The molecule has 2 rings (SSSR count). The van der Waals surface area contributed by atoms with Gasteiger partial charge in [-0.3, -0.25) is 0 Å². The Morgan fingerprint density at radius 2 is 1.90 bits per heavy atom. The first-order valence-corrected chi connectivity index (χ1v) is 6.85. The number of benzene rings is 2. The second kappa shape index (κ2) is 6.33. The molecule has 0 aliphatic rings. The Balaban J connectivity index is 2.50. The Morgan fingerprint density at radius 1 is 1.15 bits per heavy atom. The molecule has 0 bridgehead atoms. The van der Waals surface area contributed by atoms with Crippen LogP contribution in [0.2, 0.25) is 5.02 Å². The van der Waals surface area contributed by atoms with E-state index in [1.807, 2.05) is 32.0 Å². The lowest BCUT2D eigenvalue weighted by atomic mass is 9.97. The summed E-state index contributed by atoms with van der Waals surface area (Å²) < 4.78 is 26.5. The van der Waals surface area contributed by atoms with Gasteiger partial charge in [0.25, 0.3) is 0 Å². The SMILES string of the molecule is CCNC(c1ccc(F)c(F)c1)c1cccc(C)c1Cl. The maximum Gasteiger partial charge on any atom is 0.159 e. The van der Waals surface area contributed by atoms with Crippen molar-refractivity contribution >= 4 is 11.6 Å². The first-order valence-electron chi connectivity index (χ1n) is 6.48. The van der Waals surface area contributed by atoms with E-state index < -0.39 is 11.6 Å². The molecular formula is C16H16ClF2N. The van der Waals surface area contributed by atoms with Crippen molar-refractivity contribution in [1.29, 1.82) is 0 Å². The monoisotopic (exact) mass is 295 g/mol. The van der Waals surface area contributed by atoms with E-state index >= 15 is 0 Å². The highest BCUT2D eigenvalue weighted by Gasteiger charge is 2.18. The van der Waals surface area contributed by atoms with Gasteiger partial charge in [0.05, 0.1) is 6.04 Å². The number of hydrogen-bond acceptors (Lipinski definition) is 1. The van der Waals surface area contributed by atoms with E-state index in [1.165, 1.54) is 6.07 Å². The number of nitrogens with one attached hydrogen (secondary N) is 1. The zero-order valence-electron chi connectivity index (χ0n) is 11.4. The van der Waals surface area contributed by atoms with Gasteiger partial charge in [0.1, 0.15) is 0 Å². The first-order chi connectivity index (χ1) is 9.54. The summed E-state index contributed by atoms with van der Waals surface area (Å²) >= 11 is 6.34. The largest absolute Gasteiger partial charge is 0.306 e. The van der Waals surface area contributed by atoms with E-state index in [1.54, 1.807) is 6.07 Å². The van der Waals surface area contributed by atoms with Gasteiger partial charge in [-0.1, -0.05) is 42.8 Å². The normalized spacial score (nSPS) is 12.4. The van der Waals surface area contributed by atoms with E-state index in [0.29, 0.717) is 17.1 Å². The van der Waals surface area contributed by atoms with Crippen molar-refractivity contribution in [1.82, 2.24) is 5.32 Å². The lowest BCUT2D eigenvalue weighted by Crippen LogP contribution is -2.22. The van der Waals surface area contributed by atoms with Crippen molar-refractivity contribution in [3.05, 3.63) is 69.7 Å². The first kappa shape index (κ1) is 14.9. The summed E-state index contributed by atoms with van der Waals surface area (Å²) in [6.45, 7) is 4.56. The smallest absolute Gasteiger partial charge is 0.159 e. The third kappa shape index (κ3) is 3.00. The van der Waals surface area contributed by atoms with Crippen LogP contribution in [0, 0.1) is 18.6 Å². The minimum Gasteiger partial charge on any atom is -0.306 e. The highest BCUT2D eigenvalue weighted by molar-refractivity contribution is 6.32. The van der Waals surface area contributed by atoms with Gasteiger partial charge in [0.15, 0.2) is 11.6 Å². The molecule has 0 aliphatic heterocycles. The molecule has 0 amide bonds. The zero-order chi connectivity index (χ0) is 14.7. The fraction of sp³-hybridized carbons (Fsp3) is 0.250. The molecule has 1 atom stereocenters. The van der Waals surface area contributed by atoms with E-state index in [4.69, 9.17) is 11.6 Å². The summed E-state index contributed by atoms with van der Waals surface area (Å²) in [5, 5.41) is 3.90. The highest BCUT2D eigenvalue weighted by Crippen LogP contribution is 2.31. The van der Waals surface area contributed by atoms with Crippen molar-refractivity contribution in [2.24, 2.45) is 0 Å². The van der Waals surface area contributed by atoms with Crippen molar-refractivity contribution in [3.63, 3.8) is 0 Å². The molecule has 1 nitrogen and oxygen atoms in total. The molecule has 0 heterocycles. The van der Waals surface area contributed by atoms with Gasteiger partial charge in [0.2, 0.25) is 0 Å². The second-order valence-corrected chi connectivity index (χ2v) is 5.02. The predicted molar refractivity (Wildman–Crippen MR) is 78.1 cm³/mol. The van der Waals surface area contributed by atoms with Crippen LogP contribution in [0.25, 0.3) is 0 Å². The number of hydrogen-bond donors (Lipinski definition) is 1. The van der Waals surface area contributed by atoms with Gasteiger partial charge in [-0.15, -0.1) is 0 Å². The van der Waals surface area contributed by atoms with E-state index in [2.05, 4.69) is 5.32 Å². The molecule has 1 unspecified atom stereocenters. The Kier molecular flexibility index (Phi) is 4.73. The molecule has 0 radical (unpaired) electrons. The second-order valence-electron chi connectivity index (χ2n) is 4.64. The fourth-order valence-electron chi connectivity index (χ4n) is 2.20. The predicted octanol–water partition coefficient (Wildman–Crippen LogP) is 4.63. The van der Waals surface area contributed by atoms with E-state index in [-0.39, 0.29) is 6.04 Å². The molecule has 20 heavy (non-hydrogen) atoms. The van der Waals surface area contributed by atoms with Crippen LogP contribution in [0.15, 0.2) is 36.4 Å². The van der Waals surface area contributed by atoms with Gasteiger partial charge < -0.3 is 5.32 Å². The molecule has 0 aromatic heterocycles. The Bertz CT molecular complexity index is 613. The Hall–Kier alpha value is -1.45. The standard InChI is InChI=1S/C16H16ClF2N/c1-3-20-16(11-7-8-13(18)14(19)9-11)12-6-4-5-10(2)15(12)17/h4-9,16,20H,3H2,1-2H3. The lowest BCUT2D eigenvalue weighted by molar-refractivity contribution is 0.504. The molecule has 106 valence electrons. The minimum atomic E-state index is -0.853. The molecule has 0 aliphatic carbocycles. The average Bonchev–Trinajstić information content (AvgIpc) is 2.43. The molecule has 2 aromatic carbocycles. The topological polar surface area (TPSA) is 12.0 Å². The van der Waals surface area contributed by atoms with Crippen molar-refractivity contribution in [2.45, 2.75) is 19.9 Å². The average molecular weight is 296 g/mol. The van der Waals surface area contributed by atoms with Gasteiger partial charge in [-0.05, 0) is 42.3 Å². The summed E-state index contributed by atoms with van der Waals surface area (Å²) in [6.07, 6.45) is 0. The van der Waals surface area contributed by atoms with Crippen LogP contribution in [-0.2, 0) is 0 Å². The lowest BCUT2D eigenvalue weighted by Gasteiger charge is -2.21. The maximum atomic E-state index is 13.4. The summed E-state index contributed by atoms with van der Waals surface area (Å²) in [5.74, 6) is -1.70. The van der Waals surface area contributed by atoms with Crippen LogP contribution < -0.4 is 5.32 Å². The van der Waals surface area contributed by atoms with Crippen molar-refractivity contribution in [3.8, 4) is 0 Å².